The Labute approximate surface area is 164 Å². The van der Waals surface area contributed by atoms with Gasteiger partial charge in [-0.2, -0.15) is 0 Å². The molecule has 1 aliphatic carbocycles. The maximum atomic E-state index is 12.7. The second kappa shape index (κ2) is 9.14. The molecule has 1 fully saturated rings. The van der Waals surface area contributed by atoms with Crippen LogP contribution in [0.4, 0.5) is 0 Å². The summed E-state index contributed by atoms with van der Waals surface area (Å²) in [5.41, 5.74) is 1.76. The first-order valence-corrected chi connectivity index (χ1v) is 8.77. The van der Waals surface area contributed by atoms with Crippen molar-refractivity contribution in [3.05, 3.63) is 23.8 Å². The van der Waals surface area contributed by atoms with Crippen LogP contribution in [0.2, 0.25) is 0 Å². The van der Waals surface area contributed by atoms with Crippen molar-refractivity contribution < 1.29 is 19.0 Å². The summed E-state index contributed by atoms with van der Waals surface area (Å²) in [5.74, 6) is -0.250. The molecule has 148 valence electrons. The predicted molar refractivity (Wildman–Crippen MR) is 102 cm³/mol. The van der Waals surface area contributed by atoms with Crippen molar-refractivity contribution in [3.8, 4) is 0 Å². The van der Waals surface area contributed by atoms with Gasteiger partial charge < -0.3 is 9.64 Å². The molecule has 1 aromatic carbocycles. The first kappa shape index (κ1) is 21.1. The van der Waals surface area contributed by atoms with Gasteiger partial charge in [-0.25, -0.2) is 4.63 Å². The second-order valence-electron chi connectivity index (χ2n) is 7.04. The molecule has 0 unspecified atom stereocenters. The number of carbonyl (C=O) groups is 2. The molecule has 9 heteroatoms. The number of esters is 1. The maximum Gasteiger partial charge on any atom is 0.320 e. The molecule has 0 saturated heterocycles. The molecule has 3 rings (SSSR count). The number of halogens is 1. The van der Waals surface area contributed by atoms with E-state index in [1.54, 1.807) is 28.0 Å². The van der Waals surface area contributed by atoms with Crippen molar-refractivity contribution in [1.82, 2.24) is 20.1 Å². The summed E-state index contributed by atoms with van der Waals surface area (Å²) < 4.78 is 10.2. The Morgan fingerprint density at radius 1 is 1.11 bits per heavy atom. The first-order valence-electron chi connectivity index (χ1n) is 8.77. The smallest absolute Gasteiger partial charge is 0.320 e. The molecule has 0 spiro atoms. The average molecular weight is 397 g/mol. The summed E-state index contributed by atoms with van der Waals surface area (Å²) in [5, 5.41) is 7.53. The molecule has 0 bridgehead atoms. The fourth-order valence-electron chi connectivity index (χ4n) is 3.32. The quantitative estimate of drug-likeness (QED) is 0.715. The van der Waals surface area contributed by atoms with E-state index in [2.05, 4.69) is 14.9 Å². The van der Waals surface area contributed by atoms with Crippen molar-refractivity contribution in [2.45, 2.75) is 37.8 Å². The number of benzene rings is 1. The minimum atomic E-state index is -0.197. The maximum absolute atomic E-state index is 12.7. The molecule has 1 saturated carbocycles. The highest BCUT2D eigenvalue weighted by Crippen LogP contribution is 2.26. The van der Waals surface area contributed by atoms with Crippen LogP contribution in [0.1, 0.15) is 36.0 Å². The Morgan fingerprint density at radius 2 is 1.78 bits per heavy atom. The zero-order valence-corrected chi connectivity index (χ0v) is 16.6. The fraction of sp³-hybridized carbons (Fsp3) is 0.556. The monoisotopic (exact) mass is 396 g/mol. The molecule has 1 aliphatic rings. The molecule has 1 heterocycles. The molecule has 1 amide bonds. The van der Waals surface area contributed by atoms with Crippen LogP contribution in [0.25, 0.3) is 11.0 Å². The lowest BCUT2D eigenvalue weighted by atomic mass is 9.91. The molecule has 27 heavy (non-hydrogen) atoms. The van der Waals surface area contributed by atoms with Gasteiger partial charge in [0.1, 0.15) is 17.1 Å². The van der Waals surface area contributed by atoms with Gasteiger partial charge in [-0.3, -0.25) is 14.5 Å². The number of hydrogen-bond acceptors (Lipinski definition) is 7. The van der Waals surface area contributed by atoms with Crippen molar-refractivity contribution in [1.29, 1.82) is 0 Å². The summed E-state index contributed by atoms with van der Waals surface area (Å²) in [6.07, 6.45) is 3.12. The van der Waals surface area contributed by atoms with Crippen molar-refractivity contribution in [3.63, 3.8) is 0 Å². The number of amides is 1. The van der Waals surface area contributed by atoms with Crippen molar-refractivity contribution in [2.24, 2.45) is 0 Å². The zero-order valence-electron chi connectivity index (χ0n) is 15.8. The highest BCUT2D eigenvalue weighted by molar-refractivity contribution is 5.97. The largest absolute Gasteiger partial charge is 0.461 e. The molecule has 0 atom stereocenters. The Kier molecular flexibility index (Phi) is 7.15. The van der Waals surface area contributed by atoms with Crippen LogP contribution in [-0.4, -0.2) is 71.8 Å². The molecule has 1 aromatic heterocycles. The third-order valence-corrected chi connectivity index (χ3v) is 4.76. The lowest BCUT2D eigenvalue weighted by Crippen LogP contribution is -2.41. The van der Waals surface area contributed by atoms with E-state index < -0.39 is 0 Å². The van der Waals surface area contributed by atoms with Gasteiger partial charge >= 0.3 is 5.97 Å². The minimum absolute atomic E-state index is 0. The van der Waals surface area contributed by atoms with E-state index in [4.69, 9.17) is 4.74 Å². The van der Waals surface area contributed by atoms with E-state index in [-0.39, 0.29) is 43.0 Å². The Bertz CT molecular complexity index is 787. The van der Waals surface area contributed by atoms with Gasteiger partial charge in [-0.1, -0.05) is 0 Å². The summed E-state index contributed by atoms with van der Waals surface area (Å²) in [4.78, 5) is 28.1. The molecule has 2 aromatic rings. The number of ether oxygens (including phenoxy) is 1. The highest BCUT2D eigenvalue weighted by atomic mass is 35.5. The number of carbonyl (C=O) groups excluding carboxylic acids is 2. The topological polar surface area (TPSA) is 88.8 Å². The van der Waals surface area contributed by atoms with Gasteiger partial charge in [0.15, 0.2) is 0 Å². The van der Waals surface area contributed by atoms with Gasteiger partial charge in [-0.05, 0) is 68.3 Å². The predicted octanol–water partition coefficient (Wildman–Crippen LogP) is 2.13. The first-order chi connectivity index (χ1) is 12.4. The summed E-state index contributed by atoms with van der Waals surface area (Å²) in [7, 11) is 5.49. The number of likely N-dealkylation sites (N-methyl/N-ethyl adjacent to an activating group) is 1. The molecule has 0 radical (unpaired) electrons. The number of fused-ring (bicyclic) bond motifs is 1. The molecule has 8 nitrogen and oxygen atoms in total. The van der Waals surface area contributed by atoms with Crippen LogP contribution < -0.4 is 0 Å². The second-order valence-corrected chi connectivity index (χ2v) is 7.04. The molecular formula is C18H25ClN4O4. The molecule has 0 aliphatic heterocycles. The van der Waals surface area contributed by atoms with E-state index >= 15 is 0 Å². The van der Waals surface area contributed by atoms with Gasteiger partial charge in [0.05, 0.1) is 6.54 Å². The standard InChI is InChI=1S/C18H24N4O4.ClH/c1-21(2)11-17(23)25-14-7-5-13(6-8-14)22(3)18(24)12-4-9-15-16(10-12)20-26-19-15;/h4,9-10,13-14H,5-8,11H2,1-3H3;1H/t13-,14-;. The van der Waals surface area contributed by atoms with Gasteiger partial charge in [-0.15, -0.1) is 12.4 Å². The summed E-state index contributed by atoms with van der Waals surface area (Å²) >= 11 is 0. The van der Waals surface area contributed by atoms with Crippen LogP contribution in [-0.2, 0) is 9.53 Å². The van der Waals surface area contributed by atoms with Crippen molar-refractivity contribution in [2.75, 3.05) is 27.7 Å². The number of hydrogen-bond donors (Lipinski definition) is 0. The minimum Gasteiger partial charge on any atom is -0.461 e. The van der Waals surface area contributed by atoms with E-state index in [0.717, 1.165) is 25.7 Å². The SMILES string of the molecule is CN(C)CC(=O)O[C@H]1CC[C@H](N(C)C(=O)c2ccc3nonc3c2)CC1.Cl. The van der Waals surface area contributed by atoms with Crippen molar-refractivity contribution >= 4 is 35.3 Å². The van der Waals surface area contributed by atoms with Crippen LogP contribution in [0, 0.1) is 0 Å². The average Bonchev–Trinajstić information content (AvgIpc) is 3.08. The van der Waals surface area contributed by atoms with E-state index in [0.29, 0.717) is 16.6 Å². The normalized spacial score (nSPS) is 19.6. The van der Waals surface area contributed by atoms with E-state index in [1.165, 1.54) is 0 Å². The van der Waals surface area contributed by atoms with Gasteiger partial charge in [0.25, 0.3) is 5.91 Å². The lowest BCUT2D eigenvalue weighted by Gasteiger charge is -2.34. The fourth-order valence-corrected chi connectivity index (χ4v) is 3.32. The Balaban J connectivity index is 0.00000261. The molecular weight excluding hydrogens is 372 g/mol. The third kappa shape index (κ3) is 5.17. The number of aromatic nitrogens is 2. The third-order valence-electron chi connectivity index (χ3n) is 4.76. The Hall–Kier alpha value is -2.19. The van der Waals surface area contributed by atoms with E-state index in [9.17, 15) is 9.59 Å². The van der Waals surface area contributed by atoms with Crippen LogP contribution in [0.5, 0.6) is 0 Å². The van der Waals surface area contributed by atoms with Crippen LogP contribution in [0.15, 0.2) is 22.8 Å². The van der Waals surface area contributed by atoms with Crippen LogP contribution in [0.3, 0.4) is 0 Å². The lowest BCUT2D eigenvalue weighted by molar-refractivity contribution is -0.151. The zero-order chi connectivity index (χ0) is 18.7. The summed E-state index contributed by atoms with van der Waals surface area (Å²) in [6.45, 7) is 0.289. The van der Waals surface area contributed by atoms with Gasteiger partial charge in [0.2, 0.25) is 0 Å². The van der Waals surface area contributed by atoms with E-state index in [1.807, 2.05) is 21.1 Å². The number of nitrogens with zero attached hydrogens (tertiary/aromatic N) is 4. The highest BCUT2D eigenvalue weighted by Gasteiger charge is 2.29. The molecule has 0 N–H and O–H groups in total. The summed E-state index contributed by atoms with van der Waals surface area (Å²) in [6, 6.07) is 5.30. The Morgan fingerprint density at radius 3 is 2.44 bits per heavy atom. The number of rotatable bonds is 5. The van der Waals surface area contributed by atoms with Crippen LogP contribution >= 0.6 is 12.4 Å². The van der Waals surface area contributed by atoms with Gasteiger partial charge in [0, 0.05) is 18.7 Å².